The number of hydrogen-bond donors (Lipinski definition) is 1. The second kappa shape index (κ2) is 6.56. The lowest BCUT2D eigenvalue weighted by molar-refractivity contribution is -0.383. The molecule has 0 spiro atoms. The number of benzene rings is 1. The van der Waals surface area contributed by atoms with Crippen LogP contribution >= 0.6 is 0 Å². The van der Waals surface area contributed by atoms with Crippen molar-refractivity contribution in [1.82, 2.24) is 0 Å². The molecule has 1 fully saturated rings. The summed E-state index contributed by atoms with van der Waals surface area (Å²) in [5, 5.41) is 11.0. The van der Waals surface area contributed by atoms with Crippen molar-refractivity contribution >= 4 is 17.3 Å². The fraction of sp³-hybridized carbons (Fsp3) is 0.533. The molecular weight excluding hydrogens is 272 g/mol. The van der Waals surface area contributed by atoms with Crippen molar-refractivity contribution in [1.29, 1.82) is 0 Å². The van der Waals surface area contributed by atoms with Crippen molar-refractivity contribution < 1.29 is 14.5 Å². The Hall–Kier alpha value is -2.11. The van der Waals surface area contributed by atoms with E-state index in [1.54, 1.807) is 12.1 Å². The van der Waals surface area contributed by atoms with Gasteiger partial charge in [0.15, 0.2) is 0 Å². The normalized spacial score (nSPS) is 16.6. The number of rotatable bonds is 5. The molecule has 0 amide bonds. The highest BCUT2D eigenvalue weighted by atomic mass is 16.6. The van der Waals surface area contributed by atoms with E-state index >= 15 is 0 Å². The number of methoxy groups -OCH3 is 1. The van der Waals surface area contributed by atoms with Crippen LogP contribution in [0.3, 0.4) is 0 Å². The van der Waals surface area contributed by atoms with Crippen molar-refractivity contribution in [3.63, 3.8) is 0 Å². The summed E-state index contributed by atoms with van der Waals surface area (Å²) < 4.78 is 4.87. The summed E-state index contributed by atoms with van der Waals surface area (Å²) in [5.74, 6) is -0.458. The standard InChI is InChI=1S/C15H20N2O4/c1-21-15(18)12(9-10-5-2-3-6-10)11-7-4-8-13(14(11)16)17(19)20/h4,7-8,10,12H,2-3,5-6,9,16H2,1H3. The third-order valence-corrected chi connectivity index (χ3v) is 4.22. The van der Waals surface area contributed by atoms with Gasteiger partial charge in [-0.15, -0.1) is 0 Å². The monoisotopic (exact) mass is 292 g/mol. The Balaban J connectivity index is 2.33. The first kappa shape index (κ1) is 15.3. The smallest absolute Gasteiger partial charge is 0.313 e. The zero-order chi connectivity index (χ0) is 15.4. The van der Waals surface area contributed by atoms with E-state index in [1.165, 1.54) is 26.0 Å². The van der Waals surface area contributed by atoms with Crippen LogP contribution in [0.5, 0.6) is 0 Å². The van der Waals surface area contributed by atoms with Crippen LogP contribution in [0.25, 0.3) is 0 Å². The Bertz CT molecular complexity index is 538. The molecule has 1 atom stereocenters. The molecule has 2 rings (SSSR count). The fourth-order valence-corrected chi connectivity index (χ4v) is 3.11. The minimum Gasteiger partial charge on any atom is -0.469 e. The van der Waals surface area contributed by atoms with Gasteiger partial charge in [0.25, 0.3) is 5.69 Å². The maximum atomic E-state index is 12.1. The van der Waals surface area contributed by atoms with E-state index in [0.29, 0.717) is 17.9 Å². The maximum Gasteiger partial charge on any atom is 0.313 e. The summed E-state index contributed by atoms with van der Waals surface area (Å²) in [6.45, 7) is 0. The Morgan fingerprint density at radius 2 is 2.14 bits per heavy atom. The number of hydrogen-bond acceptors (Lipinski definition) is 5. The number of carbonyl (C=O) groups is 1. The summed E-state index contributed by atoms with van der Waals surface area (Å²) >= 11 is 0. The first-order chi connectivity index (χ1) is 10.0. The third kappa shape index (κ3) is 3.32. The van der Waals surface area contributed by atoms with E-state index in [0.717, 1.165) is 12.8 Å². The van der Waals surface area contributed by atoms with Gasteiger partial charge < -0.3 is 10.5 Å². The minimum atomic E-state index is -0.530. The van der Waals surface area contributed by atoms with Crippen LogP contribution in [0.4, 0.5) is 11.4 Å². The van der Waals surface area contributed by atoms with Gasteiger partial charge in [-0.05, 0) is 17.9 Å². The Morgan fingerprint density at radius 3 is 2.71 bits per heavy atom. The van der Waals surface area contributed by atoms with Gasteiger partial charge in [0.2, 0.25) is 0 Å². The van der Waals surface area contributed by atoms with Crippen molar-refractivity contribution in [2.45, 2.75) is 38.0 Å². The van der Waals surface area contributed by atoms with Crippen LogP contribution in [0.2, 0.25) is 0 Å². The summed E-state index contributed by atoms with van der Waals surface area (Å²) in [6.07, 6.45) is 5.15. The SMILES string of the molecule is COC(=O)C(CC1CCCC1)c1cccc([N+](=O)[O-])c1N. The molecule has 6 heteroatoms. The van der Waals surface area contributed by atoms with Gasteiger partial charge >= 0.3 is 5.97 Å². The van der Waals surface area contributed by atoms with Gasteiger partial charge in [-0.3, -0.25) is 14.9 Å². The van der Waals surface area contributed by atoms with Crippen LogP contribution in [0.1, 0.15) is 43.6 Å². The molecule has 0 bridgehead atoms. The number of carbonyl (C=O) groups excluding carboxylic acids is 1. The Morgan fingerprint density at radius 1 is 1.48 bits per heavy atom. The second-order valence-electron chi connectivity index (χ2n) is 5.50. The average Bonchev–Trinajstić information content (AvgIpc) is 2.97. The fourth-order valence-electron chi connectivity index (χ4n) is 3.11. The summed E-state index contributed by atoms with van der Waals surface area (Å²) in [6, 6.07) is 4.59. The molecule has 0 aliphatic heterocycles. The first-order valence-corrected chi connectivity index (χ1v) is 7.15. The van der Waals surface area contributed by atoms with Gasteiger partial charge in [0.05, 0.1) is 18.0 Å². The van der Waals surface area contributed by atoms with Crippen LogP contribution in [0.15, 0.2) is 18.2 Å². The molecule has 1 aliphatic carbocycles. The number of nitrogen functional groups attached to an aromatic ring is 1. The topological polar surface area (TPSA) is 95.5 Å². The molecule has 0 radical (unpaired) electrons. The van der Waals surface area contributed by atoms with Crippen molar-refractivity contribution in [2.24, 2.45) is 5.92 Å². The second-order valence-corrected chi connectivity index (χ2v) is 5.50. The molecule has 1 unspecified atom stereocenters. The number of nitro groups is 1. The zero-order valence-corrected chi connectivity index (χ0v) is 12.1. The van der Waals surface area contributed by atoms with E-state index in [9.17, 15) is 14.9 Å². The molecule has 21 heavy (non-hydrogen) atoms. The van der Waals surface area contributed by atoms with Crippen LogP contribution in [-0.4, -0.2) is 18.0 Å². The highest BCUT2D eigenvalue weighted by molar-refractivity contribution is 5.82. The molecule has 6 nitrogen and oxygen atoms in total. The maximum absolute atomic E-state index is 12.1. The van der Waals surface area contributed by atoms with Gasteiger partial charge in [-0.1, -0.05) is 37.8 Å². The predicted molar refractivity (Wildman–Crippen MR) is 78.8 cm³/mol. The number of ether oxygens (including phenoxy) is 1. The van der Waals surface area contributed by atoms with Crippen LogP contribution in [0, 0.1) is 16.0 Å². The van der Waals surface area contributed by atoms with Crippen molar-refractivity contribution in [2.75, 3.05) is 12.8 Å². The number of anilines is 1. The van der Waals surface area contributed by atoms with Crippen LogP contribution < -0.4 is 5.73 Å². The number of esters is 1. The quantitative estimate of drug-likeness (QED) is 0.389. The van der Waals surface area contributed by atoms with Gasteiger partial charge in [-0.2, -0.15) is 0 Å². The largest absolute Gasteiger partial charge is 0.469 e. The highest BCUT2D eigenvalue weighted by Gasteiger charge is 2.30. The number of nitro benzene ring substituents is 1. The van der Waals surface area contributed by atoms with Crippen molar-refractivity contribution in [3.8, 4) is 0 Å². The molecule has 1 aliphatic rings. The lowest BCUT2D eigenvalue weighted by atomic mass is 9.87. The predicted octanol–water partition coefficient (Wildman–Crippen LogP) is 3.01. The first-order valence-electron chi connectivity index (χ1n) is 7.15. The molecule has 1 aromatic rings. The van der Waals surface area contributed by atoms with E-state index in [-0.39, 0.29) is 17.3 Å². The minimum absolute atomic E-state index is 0.0656. The lowest BCUT2D eigenvalue weighted by Crippen LogP contribution is -2.19. The van der Waals surface area contributed by atoms with Crippen molar-refractivity contribution in [3.05, 3.63) is 33.9 Å². The third-order valence-electron chi connectivity index (χ3n) is 4.22. The van der Waals surface area contributed by atoms with Gasteiger partial charge in [-0.25, -0.2) is 0 Å². The van der Waals surface area contributed by atoms with E-state index in [4.69, 9.17) is 10.5 Å². The molecule has 0 saturated heterocycles. The zero-order valence-electron chi connectivity index (χ0n) is 12.1. The van der Waals surface area contributed by atoms with E-state index in [2.05, 4.69) is 0 Å². The van der Waals surface area contributed by atoms with Gasteiger partial charge in [0, 0.05) is 6.07 Å². The summed E-state index contributed by atoms with van der Waals surface area (Å²) in [4.78, 5) is 22.6. The molecule has 0 aromatic heterocycles. The summed E-state index contributed by atoms with van der Waals surface area (Å²) in [5.41, 5.74) is 6.31. The molecule has 114 valence electrons. The molecule has 0 heterocycles. The number of para-hydroxylation sites is 1. The molecular formula is C15H20N2O4. The highest BCUT2D eigenvalue weighted by Crippen LogP contribution is 2.38. The lowest BCUT2D eigenvalue weighted by Gasteiger charge is -2.20. The average molecular weight is 292 g/mol. The Kier molecular flexibility index (Phi) is 4.77. The van der Waals surface area contributed by atoms with E-state index < -0.39 is 10.8 Å². The molecule has 1 saturated carbocycles. The van der Waals surface area contributed by atoms with E-state index in [1.807, 2.05) is 0 Å². The Labute approximate surface area is 123 Å². The van der Waals surface area contributed by atoms with Crippen LogP contribution in [-0.2, 0) is 9.53 Å². The summed E-state index contributed by atoms with van der Waals surface area (Å²) in [7, 11) is 1.33. The number of nitrogens with zero attached hydrogens (tertiary/aromatic N) is 1. The van der Waals surface area contributed by atoms with Gasteiger partial charge in [0.1, 0.15) is 5.69 Å². The number of nitrogens with two attached hydrogens (primary N) is 1. The molecule has 1 aromatic carbocycles. The molecule has 2 N–H and O–H groups in total.